The molecule has 3 heteroatoms. The number of rotatable bonds is 3. The van der Waals surface area contributed by atoms with Crippen LogP contribution in [-0.2, 0) is 4.79 Å². The summed E-state index contributed by atoms with van der Waals surface area (Å²) in [5.74, 6) is -0.0230. The molecule has 0 aliphatic heterocycles. The van der Waals surface area contributed by atoms with Gasteiger partial charge >= 0.3 is 0 Å². The fourth-order valence-electron chi connectivity index (χ4n) is 2.72. The Morgan fingerprint density at radius 2 is 1.89 bits per heavy atom. The summed E-state index contributed by atoms with van der Waals surface area (Å²) in [5, 5.41) is 3.14. The van der Waals surface area contributed by atoms with Crippen LogP contribution in [-0.4, -0.2) is 18.0 Å². The van der Waals surface area contributed by atoms with E-state index >= 15 is 0 Å². The smallest absolute Gasteiger partial charge is 0.227 e. The molecule has 3 unspecified atom stereocenters. The standard InChI is InChI=1S/C16H24N2O/c1-12(13-8-4-2-5-9-13)16(19)18-15-11-7-3-6-10-14(15)17/h2,4-5,8-9,12,14-15H,3,6-7,10-11,17H2,1H3,(H,18,19). The van der Waals surface area contributed by atoms with Crippen molar-refractivity contribution in [2.45, 2.75) is 57.0 Å². The lowest BCUT2D eigenvalue weighted by molar-refractivity contribution is -0.123. The van der Waals surface area contributed by atoms with Gasteiger partial charge in [-0.3, -0.25) is 4.79 Å². The van der Waals surface area contributed by atoms with E-state index in [1.54, 1.807) is 0 Å². The van der Waals surface area contributed by atoms with Gasteiger partial charge in [0.2, 0.25) is 5.91 Å². The molecule has 1 aliphatic carbocycles. The van der Waals surface area contributed by atoms with E-state index in [1.165, 1.54) is 19.3 Å². The van der Waals surface area contributed by atoms with Gasteiger partial charge in [-0.2, -0.15) is 0 Å². The monoisotopic (exact) mass is 260 g/mol. The molecule has 3 N–H and O–H groups in total. The first-order valence-corrected chi connectivity index (χ1v) is 7.29. The fourth-order valence-corrected chi connectivity index (χ4v) is 2.72. The van der Waals surface area contributed by atoms with Crippen molar-refractivity contribution in [3.8, 4) is 0 Å². The van der Waals surface area contributed by atoms with Gasteiger partial charge in [0.05, 0.1) is 5.92 Å². The van der Waals surface area contributed by atoms with Gasteiger partial charge in [0.1, 0.15) is 0 Å². The molecule has 19 heavy (non-hydrogen) atoms. The summed E-state index contributed by atoms with van der Waals surface area (Å²) < 4.78 is 0. The number of carbonyl (C=O) groups is 1. The Hall–Kier alpha value is -1.35. The van der Waals surface area contributed by atoms with Crippen molar-refractivity contribution in [2.24, 2.45) is 5.73 Å². The summed E-state index contributed by atoms with van der Waals surface area (Å²) in [6.07, 6.45) is 5.60. The third-order valence-corrected chi connectivity index (χ3v) is 4.09. The van der Waals surface area contributed by atoms with Crippen LogP contribution in [0.2, 0.25) is 0 Å². The highest BCUT2D eigenvalue weighted by Crippen LogP contribution is 2.19. The number of benzene rings is 1. The largest absolute Gasteiger partial charge is 0.351 e. The highest BCUT2D eigenvalue weighted by atomic mass is 16.1. The van der Waals surface area contributed by atoms with Crippen LogP contribution >= 0.6 is 0 Å². The summed E-state index contributed by atoms with van der Waals surface area (Å²) in [4.78, 5) is 12.3. The average molecular weight is 260 g/mol. The van der Waals surface area contributed by atoms with Crippen LogP contribution in [0.15, 0.2) is 30.3 Å². The molecular weight excluding hydrogens is 236 g/mol. The molecule has 0 bridgehead atoms. The Morgan fingerprint density at radius 1 is 1.21 bits per heavy atom. The molecule has 0 saturated heterocycles. The maximum absolute atomic E-state index is 12.3. The minimum absolute atomic E-state index is 0.0912. The molecular formula is C16H24N2O. The Labute approximate surface area is 115 Å². The third kappa shape index (κ3) is 3.80. The number of nitrogens with one attached hydrogen (secondary N) is 1. The number of nitrogens with two attached hydrogens (primary N) is 1. The quantitative estimate of drug-likeness (QED) is 0.821. The van der Waals surface area contributed by atoms with Gasteiger partial charge in [-0.05, 0) is 25.3 Å². The van der Waals surface area contributed by atoms with Crippen molar-refractivity contribution in [1.29, 1.82) is 0 Å². The third-order valence-electron chi connectivity index (χ3n) is 4.09. The molecule has 1 aromatic rings. The van der Waals surface area contributed by atoms with Crippen molar-refractivity contribution in [3.63, 3.8) is 0 Å². The topological polar surface area (TPSA) is 55.1 Å². The molecule has 0 radical (unpaired) electrons. The minimum Gasteiger partial charge on any atom is -0.351 e. The summed E-state index contributed by atoms with van der Waals surface area (Å²) >= 11 is 0. The maximum Gasteiger partial charge on any atom is 0.227 e. The second kappa shape index (κ2) is 6.71. The molecule has 1 aromatic carbocycles. The van der Waals surface area contributed by atoms with E-state index in [0.29, 0.717) is 0 Å². The van der Waals surface area contributed by atoms with Crippen molar-refractivity contribution in [3.05, 3.63) is 35.9 Å². The van der Waals surface area contributed by atoms with Crippen molar-refractivity contribution >= 4 is 5.91 Å². The second-order valence-electron chi connectivity index (χ2n) is 5.55. The zero-order chi connectivity index (χ0) is 13.7. The summed E-state index contributed by atoms with van der Waals surface area (Å²) in [6, 6.07) is 10.1. The molecule has 1 saturated carbocycles. The number of hydrogen-bond acceptors (Lipinski definition) is 2. The van der Waals surface area contributed by atoms with Crippen molar-refractivity contribution in [2.75, 3.05) is 0 Å². The lowest BCUT2D eigenvalue weighted by Crippen LogP contribution is -2.48. The predicted octanol–water partition coefficient (Wildman–Crippen LogP) is 2.57. The van der Waals surface area contributed by atoms with E-state index < -0.39 is 0 Å². The molecule has 1 aliphatic rings. The number of carbonyl (C=O) groups excluding carboxylic acids is 1. The zero-order valence-corrected chi connectivity index (χ0v) is 11.6. The molecule has 3 nitrogen and oxygen atoms in total. The van der Waals surface area contributed by atoms with Gasteiger partial charge in [-0.1, -0.05) is 49.6 Å². The van der Waals surface area contributed by atoms with E-state index in [2.05, 4.69) is 5.32 Å². The van der Waals surface area contributed by atoms with Gasteiger partial charge in [0.25, 0.3) is 0 Å². The van der Waals surface area contributed by atoms with E-state index in [9.17, 15) is 4.79 Å². The van der Waals surface area contributed by atoms with Crippen LogP contribution in [0.3, 0.4) is 0 Å². The van der Waals surface area contributed by atoms with Gasteiger partial charge in [0, 0.05) is 12.1 Å². The van der Waals surface area contributed by atoms with Gasteiger partial charge < -0.3 is 11.1 Å². The van der Waals surface area contributed by atoms with Gasteiger partial charge in [-0.25, -0.2) is 0 Å². The second-order valence-corrected chi connectivity index (χ2v) is 5.55. The highest BCUT2D eigenvalue weighted by molar-refractivity contribution is 5.83. The molecule has 3 atom stereocenters. The minimum atomic E-state index is -0.114. The Kier molecular flexibility index (Phi) is 4.97. The lowest BCUT2D eigenvalue weighted by Gasteiger charge is -2.24. The molecule has 0 aromatic heterocycles. The molecule has 0 spiro atoms. The first-order chi connectivity index (χ1) is 9.18. The summed E-state index contributed by atoms with van der Waals surface area (Å²) in [7, 11) is 0. The van der Waals surface area contributed by atoms with E-state index in [4.69, 9.17) is 5.73 Å². The van der Waals surface area contributed by atoms with Crippen LogP contribution in [0.5, 0.6) is 0 Å². The zero-order valence-electron chi connectivity index (χ0n) is 11.6. The first-order valence-electron chi connectivity index (χ1n) is 7.29. The number of amides is 1. The van der Waals surface area contributed by atoms with Crippen LogP contribution in [0.1, 0.15) is 50.5 Å². The normalized spacial score (nSPS) is 25.4. The Morgan fingerprint density at radius 3 is 2.63 bits per heavy atom. The fraction of sp³-hybridized carbons (Fsp3) is 0.562. The van der Waals surface area contributed by atoms with E-state index in [-0.39, 0.29) is 23.9 Å². The predicted molar refractivity (Wildman–Crippen MR) is 77.8 cm³/mol. The van der Waals surface area contributed by atoms with E-state index in [0.717, 1.165) is 18.4 Å². The summed E-state index contributed by atoms with van der Waals surface area (Å²) in [6.45, 7) is 1.95. The van der Waals surface area contributed by atoms with Gasteiger partial charge in [0.15, 0.2) is 0 Å². The maximum atomic E-state index is 12.3. The Bertz CT molecular complexity index is 404. The summed E-state index contributed by atoms with van der Waals surface area (Å²) in [5.41, 5.74) is 7.21. The molecule has 2 rings (SSSR count). The van der Waals surface area contributed by atoms with Crippen LogP contribution in [0.4, 0.5) is 0 Å². The number of hydrogen-bond donors (Lipinski definition) is 2. The van der Waals surface area contributed by atoms with Crippen LogP contribution < -0.4 is 11.1 Å². The molecule has 104 valence electrons. The van der Waals surface area contributed by atoms with Gasteiger partial charge in [-0.15, -0.1) is 0 Å². The highest BCUT2D eigenvalue weighted by Gasteiger charge is 2.24. The van der Waals surface area contributed by atoms with E-state index in [1.807, 2.05) is 37.3 Å². The average Bonchev–Trinajstić information content (AvgIpc) is 2.64. The Balaban J connectivity index is 1.96. The van der Waals surface area contributed by atoms with Crippen molar-refractivity contribution < 1.29 is 4.79 Å². The molecule has 1 amide bonds. The van der Waals surface area contributed by atoms with Crippen LogP contribution in [0, 0.1) is 0 Å². The first kappa shape index (κ1) is 14.1. The molecule has 0 heterocycles. The lowest BCUT2D eigenvalue weighted by atomic mass is 9.98. The SMILES string of the molecule is CC(C(=O)NC1CCCCCC1N)c1ccccc1. The van der Waals surface area contributed by atoms with Crippen molar-refractivity contribution in [1.82, 2.24) is 5.32 Å². The molecule has 1 fully saturated rings. The van der Waals surface area contributed by atoms with Crippen LogP contribution in [0.25, 0.3) is 0 Å².